The number of nitrogens with zero attached hydrogens (tertiary/aromatic N) is 2. The molecule has 0 bridgehead atoms. The number of hydrogen-bond donors (Lipinski definition) is 3. The Bertz CT molecular complexity index is 907. The van der Waals surface area contributed by atoms with E-state index in [1.165, 1.54) is 17.7 Å². The molecule has 3 rings (SSSR count). The van der Waals surface area contributed by atoms with Gasteiger partial charge in [-0.2, -0.15) is 0 Å². The average molecular weight is 361 g/mol. The highest BCUT2D eigenvalue weighted by Crippen LogP contribution is 2.39. The Hall–Kier alpha value is -2.48. The fourth-order valence-corrected chi connectivity index (χ4v) is 3.51. The molecule has 8 heteroatoms. The van der Waals surface area contributed by atoms with Gasteiger partial charge in [0.15, 0.2) is 5.16 Å². The number of fused-ring (bicyclic) bond motifs is 1. The van der Waals surface area contributed by atoms with Crippen LogP contribution in [0.4, 0.5) is 5.82 Å². The zero-order valence-electron chi connectivity index (χ0n) is 14.1. The summed E-state index contributed by atoms with van der Waals surface area (Å²) in [5.74, 6) is -0.202. The maximum atomic E-state index is 13.0. The first kappa shape index (κ1) is 17.3. The van der Waals surface area contributed by atoms with Gasteiger partial charge in [0.1, 0.15) is 17.3 Å². The number of ether oxygens (including phenoxy) is 1. The number of methoxy groups -OCH3 is 1. The predicted octanol–water partition coefficient (Wildman–Crippen LogP) is 2.30. The van der Waals surface area contributed by atoms with Crippen LogP contribution in [0.2, 0.25) is 0 Å². The molecule has 1 aliphatic rings. The molecule has 0 saturated heterocycles. The van der Waals surface area contributed by atoms with E-state index in [9.17, 15) is 14.7 Å². The quantitative estimate of drug-likeness (QED) is 0.576. The Morgan fingerprint density at radius 2 is 2.12 bits per heavy atom. The average Bonchev–Trinajstić information content (AvgIpc) is 2.53. The summed E-state index contributed by atoms with van der Waals surface area (Å²) >= 11 is 4.27. The van der Waals surface area contributed by atoms with E-state index in [1.54, 1.807) is 12.1 Å². The highest BCUT2D eigenvalue weighted by atomic mass is 32.1. The number of hydrogen-bond acceptors (Lipinski definition) is 6. The summed E-state index contributed by atoms with van der Waals surface area (Å²) in [5, 5.41) is 13.2. The lowest BCUT2D eigenvalue weighted by atomic mass is 9.86. The van der Waals surface area contributed by atoms with Crippen molar-refractivity contribution in [3.05, 3.63) is 39.7 Å². The summed E-state index contributed by atoms with van der Waals surface area (Å²) in [6.07, 6.45) is 0.0494. The first-order chi connectivity index (χ1) is 11.8. The number of aromatic nitrogens is 2. The zero-order chi connectivity index (χ0) is 18.3. The van der Waals surface area contributed by atoms with Crippen LogP contribution >= 0.6 is 12.6 Å². The van der Waals surface area contributed by atoms with Gasteiger partial charge in [0.05, 0.1) is 12.7 Å². The lowest BCUT2D eigenvalue weighted by molar-refractivity contribution is -0.116. The van der Waals surface area contributed by atoms with Crippen LogP contribution in [0.5, 0.6) is 11.5 Å². The molecule has 2 heterocycles. The van der Waals surface area contributed by atoms with E-state index in [1.807, 2.05) is 13.8 Å². The number of aromatic hydroxyl groups is 1. The number of benzene rings is 1. The lowest BCUT2D eigenvalue weighted by Crippen LogP contribution is -2.35. The smallest absolute Gasteiger partial charge is 0.260 e. The number of anilines is 1. The molecule has 0 fully saturated rings. The normalized spacial score (nSPS) is 16.5. The first-order valence-corrected chi connectivity index (χ1v) is 8.30. The van der Waals surface area contributed by atoms with Crippen molar-refractivity contribution in [3.8, 4) is 11.5 Å². The number of carbonyl (C=O) groups excluding carboxylic acids is 1. The Morgan fingerprint density at radius 3 is 2.72 bits per heavy atom. The van der Waals surface area contributed by atoms with E-state index < -0.39 is 5.92 Å². The van der Waals surface area contributed by atoms with Crippen molar-refractivity contribution >= 4 is 24.4 Å². The first-order valence-electron chi connectivity index (χ1n) is 7.85. The number of nitrogens with one attached hydrogen (secondary N) is 1. The fourth-order valence-electron chi connectivity index (χ4n) is 3.09. The maximum Gasteiger partial charge on any atom is 0.260 e. The molecule has 1 aromatic carbocycles. The van der Waals surface area contributed by atoms with E-state index in [2.05, 4.69) is 22.9 Å². The van der Waals surface area contributed by atoms with Gasteiger partial charge >= 0.3 is 0 Å². The van der Waals surface area contributed by atoms with E-state index in [4.69, 9.17) is 4.74 Å². The number of thiol groups is 1. The lowest BCUT2D eigenvalue weighted by Gasteiger charge is -2.27. The van der Waals surface area contributed by atoms with Gasteiger partial charge in [-0.1, -0.05) is 6.07 Å². The van der Waals surface area contributed by atoms with Crippen LogP contribution in [-0.2, 0) is 4.79 Å². The topological polar surface area (TPSA) is 93.5 Å². The van der Waals surface area contributed by atoms with Crippen LogP contribution in [0, 0.1) is 0 Å². The van der Waals surface area contributed by atoms with Crippen LogP contribution in [0.15, 0.2) is 28.2 Å². The molecular formula is C17H19N3O4S. The summed E-state index contributed by atoms with van der Waals surface area (Å²) in [5.41, 5.74) is 0.565. The molecule has 1 amide bonds. The van der Waals surface area contributed by atoms with Crippen molar-refractivity contribution in [1.82, 2.24) is 9.55 Å². The van der Waals surface area contributed by atoms with Crippen LogP contribution in [0.3, 0.4) is 0 Å². The van der Waals surface area contributed by atoms with Gasteiger partial charge in [-0.25, -0.2) is 4.98 Å². The minimum atomic E-state index is -0.589. The van der Waals surface area contributed by atoms with Crippen LogP contribution in [0.25, 0.3) is 0 Å². The number of phenolic OH excluding ortho intramolecular Hbond substituents is 1. The standard InChI is InChI=1S/C17H19N3O4S/c1-8(2)20-16(23)14-11(7-13(22)18-15(14)19-17(20)25)10-5-4-9(24-3)6-12(10)21/h4-6,8,11,21H,7H2,1-3H3,(H,18,22)(H,19,25). The van der Waals surface area contributed by atoms with Crippen molar-refractivity contribution < 1.29 is 14.6 Å². The monoisotopic (exact) mass is 361 g/mol. The van der Waals surface area contributed by atoms with E-state index >= 15 is 0 Å². The van der Waals surface area contributed by atoms with Gasteiger partial charge in [0.2, 0.25) is 5.91 Å². The third kappa shape index (κ3) is 2.97. The van der Waals surface area contributed by atoms with Crippen molar-refractivity contribution in [3.63, 3.8) is 0 Å². The molecule has 2 N–H and O–H groups in total. The second-order valence-corrected chi connectivity index (χ2v) is 6.57. The van der Waals surface area contributed by atoms with Gasteiger partial charge in [-0.15, -0.1) is 12.6 Å². The van der Waals surface area contributed by atoms with Gasteiger partial charge in [0.25, 0.3) is 5.56 Å². The van der Waals surface area contributed by atoms with E-state index in [-0.39, 0.29) is 40.7 Å². The molecule has 132 valence electrons. The largest absolute Gasteiger partial charge is 0.508 e. The molecule has 1 unspecified atom stereocenters. The Labute approximate surface area is 150 Å². The fraction of sp³-hybridized carbons (Fsp3) is 0.353. The molecular weight excluding hydrogens is 342 g/mol. The minimum absolute atomic E-state index is 0.0320. The van der Waals surface area contributed by atoms with Crippen molar-refractivity contribution in [2.45, 2.75) is 37.4 Å². The molecule has 1 atom stereocenters. The minimum Gasteiger partial charge on any atom is -0.508 e. The predicted molar refractivity (Wildman–Crippen MR) is 95.9 cm³/mol. The van der Waals surface area contributed by atoms with E-state index in [0.29, 0.717) is 16.9 Å². The van der Waals surface area contributed by atoms with Crippen LogP contribution < -0.4 is 15.6 Å². The zero-order valence-corrected chi connectivity index (χ0v) is 15.0. The maximum absolute atomic E-state index is 13.0. The number of rotatable bonds is 3. The molecule has 25 heavy (non-hydrogen) atoms. The second-order valence-electron chi connectivity index (χ2n) is 6.17. The highest BCUT2D eigenvalue weighted by Gasteiger charge is 2.33. The summed E-state index contributed by atoms with van der Waals surface area (Å²) < 4.78 is 6.56. The van der Waals surface area contributed by atoms with Crippen LogP contribution in [0.1, 0.15) is 43.4 Å². The Kier molecular flexibility index (Phi) is 4.47. The SMILES string of the molecule is COc1ccc(C2CC(=O)Nc3nc(S)n(C(C)C)c(=O)c32)c(O)c1. The summed E-state index contributed by atoms with van der Waals surface area (Å²) in [6.45, 7) is 3.72. The third-order valence-electron chi connectivity index (χ3n) is 4.26. The van der Waals surface area contributed by atoms with Gasteiger partial charge in [-0.05, 0) is 19.9 Å². The molecule has 0 radical (unpaired) electrons. The molecule has 7 nitrogen and oxygen atoms in total. The second kappa shape index (κ2) is 6.44. The van der Waals surface area contributed by atoms with Crippen molar-refractivity contribution in [2.75, 3.05) is 12.4 Å². The summed E-state index contributed by atoms with van der Waals surface area (Å²) in [6, 6.07) is 4.67. The Balaban J connectivity index is 2.24. The van der Waals surface area contributed by atoms with Crippen molar-refractivity contribution in [1.29, 1.82) is 0 Å². The van der Waals surface area contributed by atoms with Gasteiger partial charge in [0, 0.05) is 30.0 Å². The molecule has 0 spiro atoms. The van der Waals surface area contributed by atoms with Gasteiger partial charge < -0.3 is 15.2 Å². The van der Waals surface area contributed by atoms with Gasteiger partial charge in [-0.3, -0.25) is 14.2 Å². The van der Waals surface area contributed by atoms with Crippen LogP contribution in [-0.4, -0.2) is 27.7 Å². The molecule has 1 aromatic heterocycles. The third-order valence-corrected chi connectivity index (χ3v) is 4.57. The molecule has 1 aliphatic heterocycles. The summed E-state index contributed by atoms with van der Waals surface area (Å²) in [7, 11) is 1.50. The number of amides is 1. The highest BCUT2D eigenvalue weighted by molar-refractivity contribution is 7.80. The molecule has 2 aromatic rings. The summed E-state index contributed by atoms with van der Waals surface area (Å²) in [4.78, 5) is 29.4. The van der Waals surface area contributed by atoms with Crippen molar-refractivity contribution in [2.24, 2.45) is 0 Å². The number of phenols is 1. The molecule has 0 saturated carbocycles. The number of carbonyl (C=O) groups is 1. The van der Waals surface area contributed by atoms with E-state index in [0.717, 1.165) is 0 Å². The molecule has 0 aliphatic carbocycles. The Morgan fingerprint density at radius 1 is 1.40 bits per heavy atom.